The molecular formula is C17H17BrN2O4S. The number of rotatable bonds is 5. The lowest BCUT2D eigenvalue weighted by atomic mass is 10.2. The van der Waals surface area contributed by atoms with Crippen molar-refractivity contribution in [2.24, 2.45) is 0 Å². The molecule has 0 unspecified atom stereocenters. The summed E-state index contributed by atoms with van der Waals surface area (Å²) in [5, 5.41) is 2.77. The molecule has 8 heteroatoms. The lowest BCUT2D eigenvalue weighted by Gasteiger charge is -2.12. The maximum atomic E-state index is 12.4. The Morgan fingerprint density at radius 2 is 1.76 bits per heavy atom. The van der Waals surface area contributed by atoms with Gasteiger partial charge in [-0.1, -0.05) is 12.1 Å². The van der Waals surface area contributed by atoms with Crippen LogP contribution in [0.3, 0.4) is 0 Å². The highest BCUT2D eigenvalue weighted by atomic mass is 79.9. The first-order chi connectivity index (χ1) is 12.0. The first-order valence-electron chi connectivity index (χ1n) is 7.75. The average Bonchev–Trinajstić information content (AvgIpc) is 3.11. The smallest absolute Gasteiger partial charge is 0.263 e. The molecule has 1 saturated heterocycles. The summed E-state index contributed by atoms with van der Waals surface area (Å²) in [4.78, 5) is 12.2. The van der Waals surface area contributed by atoms with Crippen molar-refractivity contribution in [2.75, 3.05) is 16.6 Å². The summed E-state index contributed by atoms with van der Waals surface area (Å²) >= 11 is 3.24. The summed E-state index contributed by atoms with van der Waals surface area (Å²) in [6, 6.07) is 13.1. The van der Waals surface area contributed by atoms with E-state index in [9.17, 15) is 13.2 Å². The van der Waals surface area contributed by atoms with Gasteiger partial charge in [0.25, 0.3) is 15.9 Å². The lowest BCUT2D eigenvalue weighted by Crippen LogP contribution is -2.26. The molecule has 25 heavy (non-hydrogen) atoms. The maximum Gasteiger partial charge on any atom is 0.263 e. The van der Waals surface area contributed by atoms with Gasteiger partial charge < -0.3 is 10.1 Å². The minimum absolute atomic E-state index is 0.158. The van der Waals surface area contributed by atoms with Crippen LogP contribution in [-0.4, -0.2) is 27.0 Å². The number of hydrogen-bond acceptors (Lipinski definition) is 4. The SMILES string of the molecule is O=C(Nc1ccc(NS(=O)(=O)c2ccccc2Br)cc1)[C@H]1CCCO1. The summed E-state index contributed by atoms with van der Waals surface area (Å²) in [6.45, 7) is 0.605. The molecule has 2 aromatic carbocycles. The Bertz CT molecular complexity index is 862. The number of sulfonamides is 1. The van der Waals surface area contributed by atoms with E-state index in [4.69, 9.17) is 4.74 Å². The second kappa shape index (κ2) is 7.55. The van der Waals surface area contributed by atoms with Crippen molar-refractivity contribution in [3.05, 3.63) is 53.0 Å². The molecule has 1 amide bonds. The van der Waals surface area contributed by atoms with E-state index in [1.165, 1.54) is 6.07 Å². The van der Waals surface area contributed by atoms with Crippen LogP contribution in [0.1, 0.15) is 12.8 Å². The number of carbonyl (C=O) groups is 1. The molecule has 1 atom stereocenters. The zero-order valence-electron chi connectivity index (χ0n) is 13.2. The monoisotopic (exact) mass is 424 g/mol. The Morgan fingerprint density at radius 1 is 1.08 bits per heavy atom. The number of nitrogens with one attached hydrogen (secondary N) is 2. The molecule has 6 nitrogen and oxygen atoms in total. The van der Waals surface area contributed by atoms with Crippen LogP contribution in [0.2, 0.25) is 0 Å². The summed E-state index contributed by atoms with van der Waals surface area (Å²) < 4.78 is 33.2. The van der Waals surface area contributed by atoms with E-state index in [1.54, 1.807) is 42.5 Å². The van der Waals surface area contributed by atoms with Gasteiger partial charge in [-0.3, -0.25) is 9.52 Å². The molecule has 1 aliphatic rings. The molecule has 1 heterocycles. The van der Waals surface area contributed by atoms with Gasteiger partial charge >= 0.3 is 0 Å². The molecule has 1 aliphatic heterocycles. The number of ether oxygens (including phenoxy) is 1. The summed E-state index contributed by atoms with van der Waals surface area (Å²) in [6.07, 6.45) is 1.19. The van der Waals surface area contributed by atoms with E-state index in [0.29, 0.717) is 22.5 Å². The van der Waals surface area contributed by atoms with Crippen LogP contribution in [-0.2, 0) is 19.6 Å². The van der Waals surface area contributed by atoms with Gasteiger partial charge in [-0.15, -0.1) is 0 Å². The fraction of sp³-hybridized carbons (Fsp3) is 0.235. The second-order valence-corrected chi connectivity index (χ2v) is 8.11. The standard InChI is InChI=1S/C17H17BrN2O4S/c18-14-4-1-2-6-16(14)25(22,23)20-13-9-7-12(8-10-13)19-17(21)15-5-3-11-24-15/h1-2,4,6-10,15,20H,3,5,11H2,(H,19,21)/t15-/m1/s1. The van der Waals surface area contributed by atoms with E-state index in [1.807, 2.05) is 0 Å². The van der Waals surface area contributed by atoms with Gasteiger partial charge in [0.1, 0.15) is 11.0 Å². The largest absolute Gasteiger partial charge is 0.368 e. The highest BCUT2D eigenvalue weighted by Gasteiger charge is 2.23. The van der Waals surface area contributed by atoms with Gasteiger partial charge in [0.05, 0.1) is 0 Å². The zero-order valence-corrected chi connectivity index (χ0v) is 15.6. The third-order valence-corrected chi connectivity index (χ3v) is 6.15. The Kier molecular flexibility index (Phi) is 5.41. The lowest BCUT2D eigenvalue weighted by molar-refractivity contribution is -0.124. The van der Waals surface area contributed by atoms with Crippen LogP contribution >= 0.6 is 15.9 Å². The minimum Gasteiger partial charge on any atom is -0.368 e. The summed E-state index contributed by atoms with van der Waals surface area (Å²) in [5.41, 5.74) is 0.996. The molecule has 0 saturated carbocycles. The van der Waals surface area contributed by atoms with Crippen LogP contribution in [0.15, 0.2) is 57.9 Å². The van der Waals surface area contributed by atoms with Crippen LogP contribution < -0.4 is 10.0 Å². The molecule has 0 aliphatic carbocycles. The normalized spacial score (nSPS) is 17.2. The van der Waals surface area contributed by atoms with Crippen molar-refractivity contribution in [1.29, 1.82) is 0 Å². The van der Waals surface area contributed by atoms with Gasteiger partial charge in [-0.2, -0.15) is 0 Å². The van der Waals surface area contributed by atoms with Crippen molar-refractivity contribution < 1.29 is 17.9 Å². The summed E-state index contributed by atoms with van der Waals surface area (Å²) in [7, 11) is -3.70. The molecule has 3 rings (SSSR count). The minimum atomic E-state index is -3.70. The fourth-order valence-corrected chi connectivity index (χ4v) is 4.56. The fourth-order valence-electron chi connectivity index (χ4n) is 2.50. The number of amides is 1. The van der Waals surface area contributed by atoms with Crippen molar-refractivity contribution in [2.45, 2.75) is 23.8 Å². The van der Waals surface area contributed by atoms with Crippen LogP contribution in [0.25, 0.3) is 0 Å². The predicted octanol–water partition coefficient (Wildman–Crippen LogP) is 3.37. The Balaban J connectivity index is 1.68. The molecule has 2 aromatic rings. The topological polar surface area (TPSA) is 84.5 Å². The molecular weight excluding hydrogens is 408 g/mol. The van der Waals surface area contributed by atoms with Crippen molar-refractivity contribution in [3.8, 4) is 0 Å². The predicted molar refractivity (Wildman–Crippen MR) is 99.0 cm³/mol. The van der Waals surface area contributed by atoms with Gasteiger partial charge in [0.15, 0.2) is 0 Å². The first-order valence-corrected chi connectivity index (χ1v) is 10.0. The third kappa shape index (κ3) is 4.39. The number of hydrogen-bond donors (Lipinski definition) is 2. The highest BCUT2D eigenvalue weighted by Crippen LogP contribution is 2.24. The van der Waals surface area contributed by atoms with Crippen molar-refractivity contribution in [1.82, 2.24) is 0 Å². The maximum absolute atomic E-state index is 12.4. The van der Waals surface area contributed by atoms with Crippen LogP contribution in [0.4, 0.5) is 11.4 Å². The quantitative estimate of drug-likeness (QED) is 0.770. The van der Waals surface area contributed by atoms with Crippen LogP contribution in [0, 0.1) is 0 Å². The van der Waals surface area contributed by atoms with E-state index >= 15 is 0 Å². The van der Waals surface area contributed by atoms with Gasteiger partial charge in [0.2, 0.25) is 0 Å². The average molecular weight is 425 g/mol. The molecule has 1 fully saturated rings. The number of halogens is 1. The number of anilines is 2. The van der Waals surface area contributed by atoms with E-state index in [-0.39, 0.29) is 10.8 Å². The molecule has 0 aromatic heterocycles. The first kappa shape index (κ1) is 17.9. The highest BCUT2D eigenvalue weighted by molar-refractivity contribution is 9.10. The molecule has 132 valence electrons. The van der Waals surface area contributed by atoms with E-state index in [0.717, 1.165) is 12.8 Å². The molecule has 0 spiro atoms. The van der Waals surface area contributed by atoms with E-state index < -0.39 is 16.1 Å². The Morgan fingerprint density at radius 3 is 2.40 bits per heavy atom. The third-order valence-electron chi connectivity index (χ3n) is 3.75. The van der Waals surface area contributed by atoms with Gasteiger partial charge in [-0.05, 0) is 65.2 Å². The molecule has 0 bridgehead atoms. The van der Waals surface area contributed by atoms with Gasteiger partial charge in [-0.25, -0.2) is 8.42 Å². The Labute approximate surface area is 154 Å². The summed E-state index contributed by atoms with van der Waals surface area (Å²) in [5.74, 6) is -0.181. The van der Waals surface area contributed by atoms with Crippen LogP contribution in [0.5, 0.6) is 0 Å². The van der Waals surface area contributed by atoms with Crippen molar-refractivity contribution >= 4 is 43.2 Å². The number of carbonyl (C=O) groups excluding carboxylic acids is 1. The van der Waals surface area contributed by atoms with E-state index in [2.05, 4.69) is 26.0 Å². The number of benzene rings is 2. The molecule has 2 N–H and O–H groups in total. The Hall–Kier alpha value is -1.90. The zero-order chi connectivity index (χ0) is 17.9. The van der Waals surface area contributed by atoms with Gasteiger partial charge in [0, 0.05) is 22.5 Å². The second-order valence-electron chi connectivity index (χ2n) is 5.60. The molecule has 0 radical (unpaired) electrons. The van der Waals surface area contributed by atoms with Crippen molar-refractivity contribution in [3.63, 3.8) is 0 Å².